The molecular formula is C13H14OS2. The minimum atomic E-state index is 0.179. The Kier molecular flexibility index (Phi) is 3.77. The molecule has 1 atom stereocenters. The first-order chi connectivity index (χ1) is 7.70. The fourth-order valence-corrected chi connectivity index (χ4v) is 3.12. The predicted octanol–water partition coefficient (Wildman–Crippen LogP) is 3.77. The van der Waals surface area contributed by atoms with E-state index in [-0.39, 0.29) is 5.78 Å². The standard InChI is InChI=1S/C13H14OS2/c1-9(14)12-5-6-13(16-12)11-4-2-3-10(7-11)8-15/h2-5,7,13,15H,6,8H2,1H3. The highest BCUT2D eigenvalue weighted by Crippen LogP contribution is 2.43. The van der Waals surface area contributed by atoms with Gasteiger partial charge in [0.05, 0.1) is 0 Å². The van der Waals surface area contributed by atoms with Crippen LogP contribution in [0.25, 0.3) is 0 Å². The summed E-state index contributed by atoms with van der Waals surface area (Å²) >= 11 is 5.95. The van der Waals surface area contributed by atoms with Crippen LogP contribution in [0.1, 0.15) is 29.7 Å². The number of thiol groups is 1. The zero-order valence-electron chi connectivity index (χ0n) is 9.14. The van der Waals surface area contributed by atoms with E-state index in [2.05, 4.69) is 36.9 Å². The first-order valence-electron chi connectivity index (χ1n) is 5.28. The van der Waals surface area contributed by atoms with E-state index < -0.39 is 0 Å². The van der Waals surface area contributed by atoms with Crippen molar-refractivity contribution in [1.82, 2.24) is 0 Å². The lowest BCUT2D eigenvalue weighted by Crippen LogP contribution is -1.92. The van der Waals surface area contributed by atoms with Crippen molar-refractivity contribution in [3.63, 3.8) is 0 Å². The van der Waals surface area contributed by atoms with Crippen LogP contribution in [0.15, 0.2) is 35.2 Å². The van der Waals surface area contributed by atoms with Crippen molar-refractivity contribution in [3.05, 3.63) is 46.4 Å². The van der Waals surface area contributed by atoms with Gasteiger partial charge in [0, 0.05) is 15.9 Å². The van der Waals surface area contributed by atoms with Crippen LogP contribution in [-0.2, 0) is 10.5 Å². The van der Waals surface area contributed by atoms with Crippen LogP contribution in [0.4, 0.5) is 0 Å². The van der Waals surface area contributed by atoms with Gasteiger partial charge in [-0.2, -0.15) is 12.6 Å². The number of hydrogen-bond donors (Lipinski definition) is 1. The summed E-state index contributed by atoms with van der Waals surface area (Å²) in [7, 11) is 0. The fraction of sp³-hybridized carbons (Fsp3) is 0.308. The second-order valence-electron chi connectivity index (χ2n) is 3.87. The molecule has 1 aliphatic heterocycles. The molecule has 1 heterocycles. The van der Waals surface area contributed by atoms with E-state index in [1.807, 2.05) is 6.08 Å². The highest BCUT2D eigenvalue weighted by atomic mass is 32.2. The molecule has 0 aromatic heterocycles. The smallest absolute Gasteiger partial charge is 0.165 e. The van der Waals surface area contributed by atoms with E-state index >= 15 is 0 Å². The largest absolute Gasteiger partial charge is 0.294 e. The normalized spacial score (nSPS) is 19.6. The van der Waals surface area contributed by atoms with Gasteiger partial charge < -0.3 is 0 Å². The van der Waals surface area contributed by atoms with E-state index in [1.165, 1.54) is 11.1 Å². The molecule has 0 spiro atoms. The zero-order chi connectivity index (χ0) is 11.5. The van der Waals surface area contributed by atoms with Crippen LogP contribution in [0.5, 0.6) is 0 Å². The SMILES string of the molecule is CC(=O)C1=CCC(c2cccc(CS)c2)S1. The van der Waals surface area contributed by atoms with Crippen LogP contribution in [0.3, 0.4) is 0 Å². The Morgan fingerprint density at radius 2 is 2.38 bits per heavy atom. The maximum absolute atomic E-state index is 11.2. The number of thioether (sulfide) groups is 1. The van der Waals surface area contributed by atoms with Crippen molar-refractivity contribution < 1.29 is 4.79 Å². The van der Waals surface area contributed by atoms with E-state index in [9.17, 15) is 4.79 Å². The molecule has 1 aromatic rings. The average Bonchev–Trinajstić information content (AvgIpc) is 2.78. The molecule has 1 unspecified atom stereocenters. The molecule has 0 bridgehead atoms. The summed E-state index contributed by atoms with van der Waals surface area (Å²) in [6.07, 6.45) is 3.00. The Morgan fingerprint density at radius 3 is 3.00 bits per heavy atom. The molecule has 1 nitrogen and oxygen atoms in total. The van der Waals surface area contributed by atoms with Gasteiger partial charge in [-0.1, -0.05) is 30.3 Å². The van der Waals surface area contributed by atoms with Gasteiger partial charge in [-0.05, 0) is 24.5 Å². The van der Waals surface area contributed by atoms with Crippen LogP contribution >= 0.6 is 24.4 Å². The molecule has 1 aromatic carbocycles. The lowest BCUT2D eigenvalue weighted by Gasteiger charge is -2.10. The Bertz CT molecular complexity index is 437. The fourth-order valence-electron chi connectivity index (χ4n) is 1.79. The van der Waals surface area contributed by atoms with Crippen LogP contribution in [-0.4, -0.2) is 5.78 Å². The summed E-state index contributed by atoms with van der Waals surface area (Å²) in [6.45, 7) is 1.63. The Balaban J connectivity index is 2.13. The third kappa shape index (κ3) is 2.53. The zero-order valence-corrected chi connectivity index (χ0v) is 10.9. The van der Waals surface area contributed by atoms with Crippen molar-refractivity contribution in [1.29, 1.82) is 0 Å². The second kappa shape index (κ2) is 5.11. The van der Waals surface area contributed by atoms with E-state index in [0.717, 1.165) is 17.1 Å². The number of hydrogen-bond acceptors (Lipinski definition) is 3. The minimum Gasteiger partial charge on any atom is -0.294 e. The van der Waals surface area contributed by atoms with Crippen molar-refractivity contribution in [2.24, 2.45) is 0 Å². The average molecular weight is 250 g/mol. The first kappa shape index (κ1) is 11.8. The number of benzene rings is 1. The Labute approximate surface area is 106 Å². The molecule has 0 aliphatic carbocycles. The molecule has 0 radical (unpaired) electrons. The van der Waals surface area contributed by atoms with Gasteiger partial charge in [-0.25, -0.2) is 0 Å². The van der Waals surface area contributed by atoms with Crippen LogP contribution in [0.2, 0.25) is 0 Å². The summed E-state index contributed by atoms with van der Waals surface area (Å²) in [5.41, 5.74) is 2.53. The molecule has 0 saturated carbocycles. The van der Waals surface area contributed by atoms with Gasteiger partial charge in [0.2, 0.25) is 0 Å². The molecule has 1 aliphatic rings. The number of rotatable bonds is 3. The quantitative estimate of drug-likeness (QED) is 0.823. The molecule has 0 amide bonds. The van der Waals surface area contributed by atoms with Crippen molar-refractivity contribution >= 4 is 30.2 Å². The molecular weight excluding hydrogens is 236 g/mol. The van der Waals surface area contributed by atoms with Gasteiger partial charge >= 0.3 is 0 Å². The number of ketones is 1. The molecule has 3 heteroatoms. The summed E-state index contributed by atoms with van der Waals surface area (Å²) in [5, 5.41) is 0.402. The summed E-state index contributed by atoms with van der Waals surface area (Å²) in [5.74, 6) is 0.941. The Morgan fingerprint density at radius 1 is 1.56 bits per heavy atom. The lowest BCUT2D eigenvalue weighted by molar-refractivity contribution is -0.112. The molecule has 2 rings (SSSR count). The van der Waals surface area contributed by atoms with Gasteiger partial charge in [-0.3, -0.25) is 4.79 Å². The highest BCUT2D eigenvalue weighted by Gasteiger charge is 2.21. The van der Waals surface area contributed by atoms with Crippen LogP contribution in [0, 0.1) is 0 Å². The van der Waals surface area contributed by atoms with E-state index in [1.54, 1.807) is 18.7 Å². The van der Waals surface area contributed by atoms with Gasteiger partial charge in [0.25, 0.3) is 0 Å². The first-order valence-corrected chi connectivity index (χ1v) is 6.79. The lowest BCUT2D eigenvalue weighted by atomic mass is 10.1. The molecule has 0 fully saturated rings. The highest BCUT2D eigenvalue weighted by molar-refractivity contribution is 8.04. The molecule has 0 N–H and O–H groups in total. The maximum atomic E-state index is 11.2. The van der Waals surface area contributed by atoms with Gasteiger partial charge in [0.1, 0.15) is 0 Å². The van der Waals surface area contributed by atoms with E-state index in [0.29, 0.717) is 5.25 Å². The topological polar surface area (TPSA) is 17.1 Å². The predicted molar refractivity (Wildman–Crippen MR) is 72.8 cm³/mol. The van der Waals surface area contributed by atoms with Crippen LogP contribution < -0.4 is 0 Å². The number of Topliss-reactive ketones (excluding diaryl/α,β-unsaturated/α-hetero) is 1. The Hall–Kier alpha value is -0.670. The summed E-state index contributed by atoms with van der Waals surface area (Å²) in [4.78, 5) is 12.1. The molecule has 16 heavy (non-hydrogen) atoms. The molecule has 84 valence electrons. The summed E-state index contributed by atoms with van der Waals surface area (Å²) in [6, 6.07) is 8.45. The third-order valence-electron chi connectivity index (χ3n) is 2.64. The summed E-state index contributed by atoms with van der Waals surface area (Å²) < 4.78 is 0. The number of carbonyl (C=O) groups excluding carboxylic acids is 1. The monoisotopic (exact) mass is 250 g/mol. The van der Waals surface area contributed by atoms with Gasteiger partial charge in [0.15, 0.2) is 5.78 Å². The third-order valence-corrected chi connectivity index (χ3v) is 4.46. The number of carbonyl (C=O) groups is 1. The molecule has 0 saturated heterocycles. The maximum Gasteiger partial charge on any atom is 0.165 e. The van der Waals surface area contributed by atoms with Gasteiger partial charge in [-0.15, -0.1) is 11.8 Å². The van der Waals surface area contributed by atoms with E-state index in [4.69, 9.17) is 0 Å². The minimum absolute atomic E-state index is 0.179. The van der Waals surface area contributed by atoms with Crippen molar-refractivity contribution in [3.8, 4) is 0 Å². The van der Waals surface area contributed by atoms with Crippen molar-refractivity contribution in [2.45, 2.75) is 24.3 Å². The second-order valence-corrected chi connectivity index (χ2v) is 5.43. The van der Waals surface area contributed by atoms with Crippen molar-refractivity contribution in [2.75, 3.05) is 0 Å². The number of allylic oxidation sites excluding steroid dienone is 2.